The van der Waals surface area contributed by atoms with Gasteiger partial charge in [-0.25, -0.2) is 4.79 Å². The average molecular weight is 278 g/mol. The van der Waals surface area contributed by atoms with Crippen molar-refractivity contribution in [3.63, 3.8) is 0 Å². The van der Waals surface area contributed by atoms with Crippen LogP contribution < -0.4 is 4.74 Å². The summed E-state index contributed by atoms with van der Waals surface area (Å²) in [5, 5.41) is 1.31. The van der Waals surface area contributed by atoms with Crippen LogP contribution in [0.2, 0.25) is 0 Å². The summed E-state index contributed by atoms with van der Waals surface area (Å²) >= 11 is 0. The predicted molar refractivity (Wildman–Crippen MR) is 81.1 cm³/mol. The maximum absolute atomic E-state index is 12.2. The van der Waals surface area contributed by atoms with E-state index in [1.54, 1.807) is 19.2 Å². The van der Waals surface area contributed by atoms with Crippen LogP contribution in [0.4, 0.5) is 0 Å². The van der Waals surface area contributed by atoms with Gasteiger partial charge in [-0.1, -0.05) is 28.5 Å². The number of benzene rings is 2. The fourth-order valence-corrected chi connectivity index (χ4v) is 2.60. The molecule has 0 radical (unpaired) electrons. The Morgan fingerprint density at radius 2 is 1.63 bits per heavy atom. The topological polar surface area (TPSA) is 43.4 Å². The molecule has 0 aromatic heterocycles. The molecule has 0 aliphatic rings. The maximum atomic E-state index is 12.2. The van der Waals surface area contributed by atoms with Crippen molar-refractivity contribution < 1.29 is 13.7 Å². The van der Waals surface area contributed by atoms with Gasteiger partial charge in [0.05, 0.1) is 12.7 Å². The minimum atomic E-state index is -2.50. The minimum absolute atomic E-state index is 0. The van der Waals surface area contributed by atoms with Crippen molar-refractivity contribution in [1.29, 1.82) is 0 Å². The summed E-state index contributed by atoms with van der Waals surface area (Å²) in [4.78, 5) is 12.2. The molecule has 4 heteroatoms. The van der Waals surface area contributed by atoms with Gasteiger partial charge in [-0.3, -0.25) is 0 Å². The fraction of sp³-hybridized carbons (Fsp3) is 0.200. The van der Waals surface area contributed by atoms with Crippen molar-refractivity contribution >= 4 is 25.8 Å². The molecule has 2 aromatic carbocycles. The molecule has 2 aromatic rings. The van der Waals surface area contributed by atoms with E-state index < -0.39 is 9.93 Å². The molecule has 0 unspecified atom stereocenters. The van der Waals surface area contributed by atoms with Crippen LogP contribution in [-0.2, 0) is 14.1 Å². The van der Waals surface area contributed by atoms with Crippen molar-refractivity contribution in [2.75, 3.05) is 19.6 Å². The van der Waals surface area contributed by atoms with Crippen molar-refractivity contribution in [3.05, 3.63) is 49.4 Å². The molecule has 3 nitrogen and oxygen atoms in total. The van der Waals surface area contributed by atoms with Gasteiger partial charge in [-0.2, -0.15) is 0 Å². The van der Waals surface area contributed by atoms with Crippen LogP contribution in [0.15, 0.2) is 36.4 Å². The minimum Gasteiger partial charge on any atom is -0.496 e. The third-order valence-corrected chi connectivity index (χ3v) is 3.88. The Kier molecular flexibility index (Phi) is 4.48. The molecule has 0 aliphatic carbocycles. The van der Waals surface area contributed by atoms with Crippen molar-refractivity contribution in [2.24, 2.45) is 0 Å². The largest absolute Gasteiger partial charge is 0.496 e. The molecule has 0 amide bonds. The molecule has 2 rings (SSSR count). The number of ether oxygens (including phenoxy) is 1. The lowest BCUT2D eigenvalue weighted by Crippen LogP contribution is -2.19. The van der Waals surface area contributed by atoms with Crippen LogP contribution >= 0.6 is 0 Å². The first kappa shape index (κ1) is 15.4. The Bertz CT molecular complexity index is 655. The summed E-state index contributed by atoms with van der Waals surface area (Å²) in [5.41, 5.74) is 0.487. The van der Waals surface area contributed by atoms with Gasteiger partial charge in [0, 0.05) is 10.8 Å². The van der Waals surface area contributed by atoms with E-state index in [9.17, 15) is 9.00 Å². The van der Waals surface area contributed by atoms with E-state index in [-0.39, 0.29) is 12.5 Å². The molecule has 0 atom stereocenters. The number of hydrogen-bond acceptors (Lipinski definition) is 3. The van der Waals surface area contributed by atoms with E-state index in [1.807, 2.05) is 24.3 Å². The van der Waals surface area contributed by atoms with E-state index in [0.717, 1.165) is 10.8 Å². The quantitative estimate of drug-likeness (QED) is 0.626. The Morgan fingerprint density at radius 3 is 2.16 bits per heavy atom. The number of rotatable bonds is 2. The van der Waals surface area contributed by atoms with Crippen LogP contribution in [0.5, 0.6) is 5.75 Å². The second-order valence-electron chi connectivity index (χ2n) is 4.38. The average Bonchev–Trinajstić information content (AvgIpc) is 2.35. The van der Waals surface area contributed by atoms with Gasteiger partial charge in [-0.05, 0) is 12.1 Å². The van der Waals surface area contributed by atoms with E-state index >= 15 is 0 Å². The molecular weight excluding hydrogens is 260 g/mol. The van der Waals surface area contributed by atoms with E-state index in [4.69, 9.17) is 4.74 Å². The van der Waals surface area contributed by atoms with Crippen molar-refractivity contribution in [1.82, 2.24) is 0 Å². The van der Waals surface area contributed by atoms with Gasteiger partial charge >= 0.3 is 5.12 Å². The molecule has 102 valence electrons. The Labute approximate surface area is 115 Å². The molecule has 0 saturated heterocycles. The normalized spacial score (nSPS) is 10.9. The van der Waals surface area contributed by atoms with Crippen LogP contribution in [0, 0.1) is 7.43 Å². The lowest BCUT2D eigenvalue weighted by molar-refractivity contribution is 0.108. The molecule has 0 bridgehead atoms. The highest BCUT2D eigenvalue weighted by atomic mass is 32.2. The summed E-state index contributed by atoms with van der Waals surface area (Å²) < 4.78 is 17.2. The Balaban J connectivity index is 0.00000180. The second kappa shape index (κ2) is 5.53. The zero-order valence-corrected chi connectivity index (χ0v) is 12.4. The first-order valence-electron chi connectivity index (χ1n) is 5.49. The third kappa shape index (κ3) is 2.84. The van der Waals surface area contributed by atoms with Crippen LogP contribution in [0.3, 0.4) is 0 Å². The maximum Gasteiger partial charge on any atom is 0.364 e. The molecule has 0 heterocycles. The number of hydrogen-bond donors (Lipinski definition) is 0. The highest BCUT2D eigenvalue weighted by molar-refractivity contribution is 8.15. The van der Waals surface area contributed by atoms with Gasteiger partial charge in [0.2, 0.25) is 0 Å². The van der Waals surface area contributed by atoms with E-state index in [0.29, 0.717) is 11.3 Å². The lowest BCUT2D eigenvalue weighted by Gasteiger charge is -2.08. The summed E-state index contributed by atoms with van der Waals surface area (Å²) in [6, 6.07) is 10.9. The zero-order chi connectivity index (χ0) is 13.3. The monoisotopic (exact) mass is 278 g/mol. The van der Waals surface area contributed by atoms with Gasteiger partial charge < -0.3 is 12.2 Å². The molecule has 0 saturated carbocycles. The first-order chi connectivity index (χ1) is 8.45. The van der Waals surface area contributed by atoms with Crippen molar-refractivity contribution in [3.8, 4) is 5.75 Å². The second-order valence-corrected chi connectivity index (χ2v) is 7.22. The van der Waals surface area contributed by atoms with Gasteiger partial charge in [0.25, 0.3) is 0 Å². The van der Waals surface area contributed by atoms with Gasteiger partial charge in [-0.15, -0.1) is 0 Å². The standard InChI is InChI=1S/C14H15O3S.CH3/c1-17-13-9-8-12(14(15)18(2,3)16)10-6-4-5-7-11(10)13;/h4-9H,1-3H3;1H3/q+1;-1. The lowest BCUT2D eigenvalue weighted by atomic mass is 10.0. The molecule has 0 fully saturated rings. The summed E-state index contributed by atoms with van der Waals surface area (Å²) in [7, 11) is -0.907. The van der Waals surface area contributed by atoms with E-state index in [1.165, 1.54) is 12.5 Å². The first-order valence-corrected chi connectivity index (χ1v) is 7.87. The number of methoxy groups -OCH3 is 1. The molecule has 0 spiro atoms. The van der Waals surface area contributed by atoms with Crippen LogP contribution in [0.25, 0.3) is 10.8 Å². The fourth-order valence-electron chi connectivity index (χ4n) is 1.89. The van der Waals surface area contributed by atoms with Crippen LogP contribution in [-0.4, -0.2) is 24.7 Å². The van der Waals surface area contributed by atoms with Gasteiger partial charge in [0.1, 0.15) is 28.2 Å². The Morgan fingerprint density at radius 1 is 1.05 bits per heavy atom. The number of carbonyl (C=O) groups excluding carboxylic acids is 1. The van der Waals surface area contributed by atoms with Crippen molar-refractivity contribution in [2.45, 2.75) is 0 Å². The number of fused-ring (bicyclic) bond motifs is 1. The molecule has 0 aliphatic heterocycles. The third-order valence-electron chi connectivity index (χ3n) is 2.77. The van der Waals surface area contributed by atoms with E-state index in [2.05, 4.69) is 0 Å². The molecule has 19 heavy (non-hydrogen) atoms. The molecular formula is C15H18O3S. The van der Waals surface area contributed by atoms with Crippen LogP contribution in [0.1, 0.15) is 10.4 Å². The summed E-state index contributed by atoms with van der Waals surface area (Å²) in [5.74, 6) is 0.709. The molecule has 0 N–H and O–H groups in total. The zero-order valence-electron chi connectivity index (χ0n) is 11.6. The summed E-state index contributed by atoms with van der Waals surface area (Å²) in [6.07, 6.45) is 2.93. The number of carbonyl (C=O) groups is 1. The highest BCUT2D eigenvalue weighted by Gasteiger charge is 2.29. The predicted octanol–water partition coefficient (Wildman–Crippen LogP) is 3.20. The highest BCUT2D eigenvalue weighted by Crippen LogP contribution is 2.29. The SMILES string of the molecule is COc1ccc(C(=O)[S+](C)(C)=O)c2ccccc12.[CH3-]. The smallest absolute Gasteiger partial charge is 0.364 e. The summed E-state index contributed by atoms with van der Waals surface area (Å²) in [6.45, 7) is 0. The van der Waals surface area contributed by atoms with Gasteiger partial charge in [0.15, 0.2) is 0 Å². The Hall–Kier alpha value is -1.68.